The van der Waals surface area contributed by atoms with E-state index in [1.807, 2.05) is 0 Å². The molecule has 116 valence electrons. The fraction of sp³-hybridized carbons (Fsp3) is 0.231. The third kappa shape index (κ3) is 4.24. The van der Waals surface area contributed by atoms with E-state index < -0.39 is 12.1 Å². The number of aromatic carboxylic acids is 1. The van der Waals surface area contributed by atoms with Crippen LogP contribution in [-0.4, -0.2) is 47.7 Å². The Labute approximate surface area is 129 Å². The molecule has 0 unspecified atom stereocenters. The lowest BCUT2D eigenvalue weighted by Gasteiger charge is -2.02. The highest BCUT2D eigenvalue weighted by atomic mass is 32.1. The molecule has 0 saturated heterocycles. The van der Waals surface area contributed by atoms with Crippen molar-refractivity contribution in [3.05, 3.63) is 29.8 Å². The van der Waals surface area contributed by atoms with Crippen molar-refractivity contribution < 1.29 is 24.2 Å². The molecule has 0 radical (unpaired) electrons. The van der Waals surface area contributed by atoms with Crippen molar-refractivity contribution in [1.29, 1.82) is 0 Å². The zero-order valence-corrected chi connectivity index (χ0v) is 12.4. The molecule has 2 rings (SSSR count). The maximum atomic E-state index is 11.4. The van der Waals surface area contributed by atoms with Gasteiger partial charge in [-0.3, -0.25) is 5.32 Å². The molecule has 0 atom stereocenters. The van der Waals surface area contributed by atoms with E-state index in [0.29, 0.717) is 22.3 Å². The van der Waals surface area contributed by atoms with E-state index in [9.17, 15) is 9.59 Å². The van der Waals surface area contributed by atoms with Gasteiger partial charge in [0.05, 0.1) is 12.2 Å². The second-order valence-corrected chi connectivity index (χ2v) is 5.03. The van der Waals surface area contributed by atoms with E-state index in [-0.39, 0.29) is 12.2 Å². The Bertz CT molecular complexity index is 656. The van der Waals surface area contributed by atoms with Crippen LogP contribution < -0.4 is 5.32 Å². The van der Waals surface area contributed by atoms with E-state index in [1.165, 1.54) is 19.2 Å². The van der Waals surface area contributed by atoms with Crippen LogP contribution in [0.2, 0.25) is 0 Å². The second kappa shape index (κ2) is 7.48. The lowest BCUT2D eigenvalue weighted by Crippen LogP contribution is -2.16. The Morgan fingerprint density at radius 2 is 1.95 bits per heavy atom. The molecule has 22 heavy (non-hydrogen) atoms. The Hall–Kier alpha value is -2.52. The standard InChI is InChI=1S/C13H13N3O5S/c1-20-6-7-21-13(19)14-12-16-15-10(22-12)8-2-4-9(5-3-8)11(17)18/h2-5H,6-7H2,1H3,(H,17,18)(H,14,16,19). The molecule has 0 bridgehead atoms. The van der Waals surface area contributed by atoms with Crippen LogP contribution in [0.1, 0.15) is 10.4 Å². The van der Waals surface area contributed by atoms with Crippen molar-refractivity contribution in [3.63, 3.8) is 0 Å². The van der Waals surface area contributed by atoms with Crippen molar-refractivity contribution in [2.45, 2.75) is 0 Å². The minimum absolute atomic E-state index is 0.143. The quantitative estimate of drug-likeness (QED) is 0.783. The van der Waals surface area contributed by atoms with Crippen LogP contribution in [0.3, 0.4) is 0 Å². The first kappa shape index (κ1) is 15.9. The SMILES string of the molecule is COCCOC(=O)Nc1nnc(-c2ccc(C(=O)O)cc2)s1. The van der Waals surface area contributed by atoms with Crippen molar-refractivity contribution in [1.82, 2.24) is 10.2 Å². The zero-order valence-electron chi connectivity index (χ0n) is 11.6. The number of nitrogens with zero attached hydrogens (tertiary/aromatic N) is 2. The lowest BCUT2D eigenvalue weighted by molar-refractivity contribution is 0.0697. The number of anilines is 1. The second-order valence-electron chi connectivity index (χ2n) is 4.05. The minimum Gasteiger partial charge on any atom is -0.478 e. The number of hydrogen-bond donors (Lipinski definition) is 2. The van der Waals surface area contributed by atoms with Gasteiger partial charge >= 0.3 is 12.1 Å². The maximum Gasteiger partial charge on any atom is 0.413 e. The number of methoxy groups -OCH3 is 1. The molecule has 0 fully saturated rings. The summed E-state index contributed by atoms with van der Waals surface area (Å²) in [5.41, 5.74) is 0.900. The van der Waals surface area contributed by atoms with Crippen LogP contribution in [0.5, 0.6) is 0 Å². The predicted molar refractivity (Wildman–Crippen MR) is 79.2 cm³/mol. The smallest absolute Gasteiger partial charge is 0.413 e. The lowest BCUT2D eigenvalue weighted by atomic mass is 10.1. The zero-order chi connectivity index (χ0) is 15.9. The van der Waals surface area contributed by atoms with Crippen LogP contribution in [0, 0.1) is 0 Å². The van der Waals surface area contributed by atoms with Gasteiger partial charge in [-0.2, -0.15) is 0 Å². The van der Waals surface area contributed by atoms with Gasteiger partial charge in [-0.1, -0.05) is 23.5 Å². The summed E-state index contributed by atoms with van der Waals surface area (Å²) in [4.78, 5) is 22.2. The molecule has 0 spiro atoms. The topological polar surface area (TPSA) is 111 Å². The first-order valence-corrected chi connectivity index (χ1v) is 7.01. The van der Waals surface area contributed by atoms with Gasteiger partial charge in [0, 0.05) is 12.7 Å². The van der Waals surface area contributed by atoms with E-state index >= 15 is 0 Å². The third-order valence-electron chi connectivity index (χ3n) is 2.53. The number of ether oxygens (including phenoxy) is 2. The van der Waals surface area contributed by atoms with Crippen molar-refractivity contribution in [2.75, 3.05) is 25.6 Å². The Balaban J connectivity index is 1.98. The molecule has 0 saturated carbocycles. The summed E-state index contributed by atoms with van der Waals surface area (Å²) in [5, 5.41) is 19.9. The summed E-state index contributed by atoms with van der Waals surface area (Å²) < 4.78 is 9.60. The molecule has 0 aliphatic carbocycles. The number of carbonyl (C=O) groups is 2. The number of hydrogen-bond acceptors (Lipinski definition) is 7. The van der Waals surface area contributed by atoms with Crippen LogP contribution in [-0.2, 0) is 9.47 Å². The van der Waals surface area contributed by atoms with Gasteiger partial charge in [0.1, 0.15) is 11.6 Å². The third-order valence-corrected chi connectivity index (χ3v) is 3.42. The summed E-state index contributed by atoms with van der Waals surface area (Å²) in [6.45, 7) is 0.454. The highest BCUT2D eigenvalue weighted by molar-refractivity contribution is 7.18. The van der Waals surface area contributed by atoms with Gasteiger partial charge in [-0.25, -0.2) is 9.59 Å². The molecule has 2 N–H and O–H groups in total. The largest absolute Gasteiger partial charge is 0.478 e. The van der Waals surface area contributed by atoms with Crippen molar-refractivity contribution >= 4 is 28.5 Å². The molecule has 8 nitrogen and oxygen atoms in total. The number of rotatable bonds is 6. The molecule has 1 aromatic carbocycles. The minimum atomic E-state index is -0.995. The average molecular weight is 323 g/mol. The summed E-state index contributed by atoms with van der Waals surface area (Å²) in [6.07, 6.45) is -0.638. The normalized spacial score (nSPS) is 10.2. The van der Waals surface area contributed by atoms with Crippen molar-refractivity contribution in [3.8, 4) is 10.6 Å². The Morgan fingerprint density at radius 3 is 2.59 bits per heavy atom. The molecule has 0 aliphatic rings. The van der Waals surface area contributed by atoms with E-state index in [2.05, 4.69) is 15.5 Å². The predicted octanol–water partition coefficient (Wildman–Crippen LogP) is 2.10. The van der Waals surface area contributed by atoms with E-state index in [0.717, 1.165) is 11.3 Å². The van der Waals surface area contributed by atoms with Gasteiger partial charge in [0.2, 0.25) is 5.13 Å². The van der Waals surface area contributed by atoms with Crippen molar-refractivity contribution in [2.24, 2.45) is 0 Å². The summed E-state index contributed by atoms with van der Waals surface area (Å²) >= 11 is 1.15. The van der Waals surface area contributed by atoms with Crippen LogP contribution in [0.4, 0.5) is 9.93 Å². The van der Waals surface area contributed by atoms with Gasteiger partial charge in [-0.15, -0.1) is 10.2 Å². The first-order valence-electron chi connectivity index (χ1n) is 6.20. The number of carboxylic acid groups (broad SMARTS) is 1. The molecule has 0 aliphatic heterocycles. The molecular formula is C13H13N3O5S. The van der Waals surface area contributed by atoms with E-state index in [4.69, 9.17) is 14.6 Å². The number of benzene rings is 1. The Kier molecular flexibility index (Phi) is 5.39. The Morgan fingerprint density at radius 1 is 1.23 bits per heavy atom. The van der Waals surface area contributed by atoms with E-state index in [1.54, 1.807) is 12.1 Å². The van der Waals surface area contributed by atoms with Gasteiger partial charge < -0.3 is 14.6 Å². The monoisotopic (exact) mass is 323 g/mol. The van der Waals surface area contributed by atoms with Crippen LogP contribution in [0.25, 0.3) is 10.6 Å². The van der Waals surface area contributed by atoms with Crippen LogP contribution in [0.15, 0.2) is 24.3 Å². The molecule has 1 heterocycles. The van der Waals surface area contributed by atoms with Gasteiger partial charge in [-0.05, 0) is 12.1 Å². The number of nitrogens with one attached hydrogen (secondary N) is 1. The fourth-order valence-corrected chi connectivity index (χ4v) is 2.22. The van der Waals surface area contributed by atoms with Gasteiger partial charge in [0.15, 0.2) is 0 Å². The summed E-state index contributed by atoms with van der Waals surface area (Å²) in [7, 11) is 1.51. The number of carboxylic acids is 1. The van der Waals surface area contributed by atoms with Crippen LogP contribution >= 0.6 is 11.3 Å². The highest BCUT2D eigenvalue weighted by Crippen LogP contribution is 2.26. The highest BCUT2D eigenvalue weighted by Gasteiger charge is 2.11. The number of amides is 1. The molecular weight excluding hydrogens is 310 g/mol. The maximum absolute atomic E-state index is 11.4. The fourth-order valence-electron chi connectivity index (χ4n) is 1.49. The average Bonchev–Trinajstić information content (AvgIpc) is 2.96. The van der Waals surface area contributed by atoms with Gasteiger partial charge in [0.25, 0.3) is 0 Å². The summed E-state index contributed by atoms with van der Waals surface area (Å²) in [5.74, 6) is -0.995. The molecule has 2 aromatic rings. The molecule has 1 aromatic heterocycles. The number of carbonyl (C=O) groups excluding carboxylic acids is 1. The first-order chi connectivity index (χ1) is 10.6. The molecule has 9 heteroatoms. The number of aromatic nitrogens is 2. The summed E-state index contributed by atoms with van der Waals surface area (Å²) in [6, 6.07) is 6.21. The molecule has 1 amide bonds.